The van der Waals surface area contributed by atoms with Crippen LogP contribution in [-0.2, 0) is 48.7 Å². The zero-order chi connectivity index (χ0) is 58.6. The van der Waals surface area contributed by atoms with Gasteiger partial charge in [0, 0.05) is 5.41 Å². The summed E-state index contributed by atoms with van der Waals surface area (Å²) in [7, 11) is 0. The molecular formula is C78H108. The molecule has 0 nitrogen and oxygen atoms in total. The van der Waals surface area contributed by atoms with Crippen LogP contribution in [0.15, 0.2) is 84.9 Å². The number of hydrogen-bond donors (Lipinski definition) is 0. The van der Waals surface area contributed by atoms with Gasteiger partial charge >= 0.3 is 0 Å². The van der Waals surface area contributed by atoms with Crippen molar-refractivity contribution in [1.29, 1.82) is 0 Å². The highest BCUT2D eigenvalue weighted by molar-refractivity contribution is 5.97. The normalized spacial score (nSPS) is 15.3. The van der Waals surface area contributed by atoms with E-state index in [2.05, 4.69) is 279 Å². The van der Waals surface area contributed by atoms with Crippen molar-refractivity contribution in [2.45, 2.75) is 275 Å². The van der Waals surface area contributed by atoms with E-state index >= 15 is 0 Å². The molecule has 1 aliphatic rings. The van der Waals surface area contributed by atoms with Gasteiger partial charge in [-0.15, -0.1) is 0 Å². The van der Waals surface area contributed by atoms with Crippen LogP contribution in [0.5, 0.6) is 0 Å². The average Bonchev–Trinajstić information content (AvgIpc) is 3.49. The zero-order valence-corrected chi connectivity index (χ0v) is 55.1. The number of hydrogen-bond acceptors (Lipinski definition) is 0. The molecule has 0 radical (unpaired) electrons. The Labute approximate surface area is 479 Å². The molecular weight excluding hydrogens is 937 g/mol. The number of aryl methyl sites for hydroxylation is 4. The maximum Gasteiger partial charge on any atom is 0.0215 e. The van der Waals surface area contributed by atoms with Crippen LogP contribution in [0.2, 0.25) is 0 Å². The van der Waals surface area contributed by atoms with Crippen molar-refractivity contribution in [2.24, 2.45) is 0 Å². The van der Waals surface area contributed by atoms with Gasteiger partial charge in [-0.05, 0) is 184 Å². The van der Waals surface area contributed by atoms with Gasteiger partial charge in [-0.3, -0.25) is 0 Å². The molecule has 7 rings (SSSR count). The van der Waals surface area contributed by atoms with E-state index in [0.717, 1.165) is 12.8 Å². The summed E-state index contributed by atoms with van der Waals surface area (Å²) in [6.45, 7) is 68.2. The SMILES string of the molecule is Cc1cc(C(C)(C)C)c(-c2cccc(C3(c4cccc(-c5c(C(C)(C)C)cc(C)cc5C(C)(C)C)c4-c4c(C(C)(C)C)cc(C)cc4C(C)(C)C)CCCCC3)c2-c2c(C(C)(C)C)cc(C)cc2C(C)(C)C)c(C(C)(C)C)c1. The Morgan fingerprint density at radius 3 is 0.667 bits per heavy atom. The van der Waals surface area contributed by atoms with Crippen molar-refractivity contribution in [1.82, 2.24) is 0 Å². The van der Waals surface area contributed by atoms with Gasteiger partial charge in [0.2, 0.25) is 0 Å². The molecule has 0 unspecified atom stereocenters. The van der Waals surface area contributed by atoms with Crippen molar-refractivity contribution in [3.63, 3.8) is 0 Å². The highest BCUT2D eigenvalue weighted by Crippen LogP contribution is 2.60. The minimum absolute atomic E-state index is 0.118. The van der Waals surface area contributed by atoms with Gasteiger partial charge in [0.1, 0.15) is 0 Å². The fraction of sp³-hybridized carbons (Fsp3) is 0.538. The minimum Gasteiger partial charge on any atom is -0.0613 e. The first-order chi connectivity index (χ1) is 35.4. The second kappa shape index (κ2) is 20.4. The van der Waals surface area contributed by atoms with Gasteiger partial charge in [0.05, 0.1) is 0 Å². The van der Waals surface area contributed by atoms with E-state index in [1.165, 1.54) is 142 Å². The Kier molecular flexibility index (Phi) is 15.9. The minimum atomic E-state index is -0.359. The summed E-state index contributed by atoms with van der Waals surface area (Å²) in [6.07, 6.45) is 5.72. The average molecular weight is 1050 g/mol. The molecule has 1 aliphatic carbocycles. The summed E-state index contributed by atoms with van der Waals surface area (Å²) in [4.78, 5) is 0. The maximum absolute atomic E-state index is 2.64. The van der Waals surface area contributed by atoms with Crippen LogP contribution in [0.4, 0.5) is 0 Å². The lowest BCUT2D eigenvalue weighted by molar-refractivity contribution is 0.347. The first-order valence-corrected chi connectivity index (χ1v) is 30.3. The van der Waals surface area contributed by atoms with Crippen LogP contribution in [-0.4, -0.2) is 0 Å². The molecule has 6 aromatic rings. The molecule has 0 heteroatoms. The molecule has 78 heavy (non-hydrogen) atoms. The molecule has 0 heterocycles. The summed E-state index contributed by atoms with van der Waals surface area (Å²) in [6, 6.07) is 35.7. The van der Waals surface area contributed by atoms with Crippen molar-refractivity contribution < 1.29 is 0 Å². The Hall–Kier alpha value is -4.68. The monoisotopic (exact) mass is 1040 g/mol. The molecule has 0 amide bonds. The van der Waals surface area contributed by atoms with Crippen molar-refractivity contribution in [3.8, 4) is 44.5 Å². The molecule has 6 aromatic carbocycles. The fourth-order valence-electron chi connectivity index (χ4n) is 13.7. The quantitative estimate of drug-likeness (QED) is 0.156. The highest BCUT2D eigenvalue weighted by atomic mass is 14.5. The van der Waals surface area contributed by atoms with Crippen molar-refractivity contribution >= 4 is 0 Å². The maximum atomic E-state index is 2.64. The molecule has 1 saturated carbocycles. The van der Waals surface area contributed by atoms with Gasteiger partial charge < -0.3 is 0 Å². The molecule has 1 fully saturated rings. The molecule has 0 spiro atoms. The Balaban J connectivity index is 1.91. The lowest BCUT2D eigenvalue weighted by atomic mass is 9.58. The van der Waals surface area contributed by atoms with Gasteiger partial charge in [0.15, 0.2) is 0 Å². The van der Waals surface area contributed by atoms with Crippen LogP contribution in [0, 0.1) is 27.7 Å². The topological polar surface area (TPSA) is 0 Å². The summed E-state index contributed by atoms with van der Waals surface area (Å²) < 4.78 is 0. The molecule has 0 bridgehead atoms. The lowest BCUT2D eigenvalue weighted by Crippen LogP contribution is -2.33. The second-order valence-corrected chi connectivity index (χ2v) is 33.0. The first-order valence-electron chi connectivity index (χ1n) is 30.3. The van der Waals surface area contributed by atoms with E-state index < -0.39 is 0 Å². The Bertz CT molecular complexity index is 2860. The fourth-order valence-corrected chi connectivity index (χ4v) is 13.7. The van der Waals surface area contributed by atoms with E-state index in [9.17, 15) is 0 Å². The second-order valence-electron chi connectivity index (χ2n) is 33.0. The summed E-state index contributed by atoms with van der Waals surface area (Å²) in [5.74, 6) is 0. The Morgan fingerprint density at radius 2 is 0.462 bits per heavy atom. The predicted octanol–water partition coefficient (Wildman–Crippen LogP) is 23.2. The summed E-state index contributed by atoms with van der Waals surface area (Å²) in [5.41, 5.74) is 29.8. The third-order valence-electron chi connectivity index (χ3n) is 17.5. The molecule has 0 N–H and O–H groups in total. The van der Waals surface area contributed by atoms with Gasteiger partial charge in [-0.1, -0.05) is 293 Å². The van der Waals surface area contributed by atoms with Crippen LogP contribution < -0.4 is 0 Å². The lowest BCUT2D eigenvalue weighted by Gasteiger charge is -2.45. The number of rotatable bonds is 6. The van der Waals surface area contributed by atoms with Crippen LogP contribution in [0.25, 0.3) is 44.5 Å². The summed E-state index contributed by atoms with van der Waals surface area (Å²) in [5, 5.41) is 0. The van der Waals surface area contributed by atoms with Gasteiger partial charge in [0.25, 0.3) is 0 Å². The molecule has 0 saturated heterocycles. The van der Waals surface area contributed by atoms with Gasteiger partial charge in [-0.2, -0.15) is 0 Å². The van der Waals surface area contributed by atoms with Crippen molar-refractivity contribution in [2.75, 3.05) is 0 Å². The van der Waals surface area contributed by atoms with E-state index in [1.54, 1.807) is 0 Å². The van der Waals surface area contributed by atoms with E-state index in [0.29, 0.717) is 0 Å². The highest BCUT2D eigenvalue weighted by Gasteiger charge is 2.45. The van der Waals surface area contributed by atoms with E-state index in [1.807, 2.05) is 0 Å². The van der Waals surface area contributed by atoms with Gasteiger partial charge in [-0.25, -0.2) is 0 Å². The largest absolute Gasteiger partial charge is 0.0613 e. The first kappa shape index (κ1) is 61.0. The predicted molar refractivity (Wildman–Crippen MR) is 347 cm³/mol. The van der Waals surface area contributed by atoms with E-state index in [-0.39, 0.29) is 48.7 Å². The molecule has 420 valence electrons. The molecule has 0 aromatic heterocycles. The zero-order valence-electron chi connectivity index (χ0n) is 55.1. The summed E-state index contributed by atoms with van der Waals surface area (Å²) >= 11 is 0. The molecule has 0 aliphatic heterocycles. The van der Waals surface area contributed by atoms with E-state index in [4.69, 9.17) is 0 Å². The van der Waals surface area contributed by atoms with Crippen LogP contribution >= 0.6 is 0 Å². The standard InChI is InChI=1S/C78H108/c1-48-40-56(70(5,6)7)64(57(41-48)71(8,9)10)52-34-32-36-54(66(52)68-60(74(17,18)19)44-50(3)45-61(68)75(20,21)22)78(38-30-29-31-39-78)55-37-33-35-53(65-58(72(11,12)13)42-49(2)43-59(65)73(14,15)16)67(55)69-62(76(23,24)25)46-51(4)47-63(69)77(26,27)28/h32-37,40-47H,29-31,38-39H2,1-28H3. The number of benzene rings is 6. The smallest absolute Gasteiger partial charge is 0.0215 e. The van der Waals surface area contributed by atoms with Crippen LogP contribution in [0.1, 0.15) is 276 Å². The van der Waals surface area contributed by atoms with Crippen LogP contribution in [0.3, 0.4) is 0 Å². The Morgan fingerprint density at radius 1 is 0.256 bits per heavy atom. The molecule has 0 atom stereocenters. The van der Waals surface area contributed by atoms with Crippen molar-refractivity contribution in [3.05, 3.63) is 163 Å². The third-order valence-corrected chi connectivity index (χ3v) is 17.5. The third kappa shape index (κ3) is 11.7.